The zero-order valence-corrected chi connectivity index (χ0v) is 14.6. The quantitative estimate of drug-likeness (QED) is 0.888. The van der Waals surface area contributed by atoms with E-state index in [0.717, 1.165) is 48.7 Å². The highest BCUT2D eigenvalue weighted by Gasteiger charge is 2.16. The summed E-state index contributed by atoms with van der Waals surface area (Å²) in [7, 11) is 0. The minimum Gasteiger partial charge on any atom is -0.508 e. The smallest absolute Gasteiger partial charge is 0.121 e. The molecule has 4 heteroatoms. The fraction of sp³-hybridized carbons (Fsp3) is 0.429. The maximum absolute atomic E-state index is 10.4. The fourth-order valence-electron chi connectivity index (χ4n) is 3.95. The topological polar surface area (TPSA) is 46.9 Å². The van der Waals surface area contributed by atoms with E-state index in [4.69, 9.17) is 0 Å². The number of nitrogens with zero attached hydrogens (tertiary/aromatic N) is 2. The molecule has 0 saturated carbocycles. The van der Waals surface area contributed by atoms with E-state index in [1.54, 1.807) is 0 Å². The van der Waals surface area contributed by atoms with Crippen molar-refractivity contribution < 1.29 is 10.2 Å². The molecule has 2 N–H and O–H groups in total. The molecular weight excluding hydrogens is 312 g/mol. The molecule has 0 bridgehead atoms. The van der Waals surface area contributed by atoms with Crippen LogP contribution in [0.3, 0.4) is 0 Å². The molecule has 132 valence electrons. The van der Waals surface area contributed by atoms with Gasteiger partial charge in [0.25, 0.3) is 0 Å². The number of rotatable bonds is 4. The van der Waals surface area contributed by atoms with E-state index >= 15 is 0 Å². The van der Waals surface area contributed by atoms with Crippen LogP contribution in [0.2, 0.25) is 0 Å². The molecule has 0 unspecified atom stereocenters. The number of phenolic OH excluding ortho intramolecular Hbond substituents is 2. The monoisotopic (exact) mass is 338 g/mol. The molecular formula is C21H26N2O2. The van der Waals surface area contributed by atoms with Crippen LogP contribution in [0.5, 0.6) is 11.5 Å². The van der Waals surface area contributed by atoms with Crippen molar-refractivity contribution in [3.8, 4) is 11.5 Å². The van der Waals surface area contributed by atoms with Gasteiger partial charge in [0, 0.05) is 56.1 Å². The predicted molar refractivity (Wildman–Crippen MR) is 102 cm³/mol. The summed E-state index contributed by atoms with van der Waals surface area (Å²) >= 11 is 0. The zero-order chi connectivity index (χ0) is 17.2. The van der Waals surface area contributed by atoms with E-state index in [-0.39, 0.29) is 0 Å². The highest BCUT2D eigenvalue weighted by molar-refractivity contribution is 5.57. The van der Waals surface area contributed by atoms with Crippen LogP contribution in [0.4, 0.5) is 11.4 Å². The van der Waals surface area contributed by atoms with Crippen LogP contribution in [0.25, 0.3) is 0 Å². The van der Waals surface area contributed by atoms with Gasteiger partial charge in [0.05, 0.1) is 0 Å². The van der Waals surface area contributed by atoms with Crippen LogP contribution in [-0.4, -0.2) is 36.4 Å². The van der Waals surface area contributed by atoms with Gasteiger partial charge < -0.3 is 20.0 Å². The Bertz CT molecular complexity index is 684. The van der Waals surface area contributed by atoms with E-state index in [2.05, 4.69) is 21.9 Å². The molecule has 0 amide bonds. The minimum atomic E-state index is 0.312. The summed E-state index contributed by atoms with van der Waals surface area (Å²) in [4.78, 5) is 4.62. The molecule has 2 aliphatic rings. The third kappa shape index (κ3) is 3.39. The van der Waals surface area contributed by atoms with Gasteiger partial charge >= 0.3 is 0 Å². The normalized spacial score (nSPS) is 17.4. The zero-order valence-electron chi connectivity index (χ0n) is 14.6. The molecule has 2 aliphatic heterocycles. The summed E-state index contributed by atoms with van der Waals surface area (Å²) in [5.74, 6) is 0.625. The van der Waals surface area contributed by atoms with Gasteiger partial charge in [-0.2, -0.15) is 0 Å². The first-order valence-electron chi connectivity index (χ1n) is 9.34. The molecule has 2 aromatic carbocycles. The predicted octanol–water partition coefficient (Wildman–Crippen LogP) is 3.89. The minimum absolute atomic E-state index is 0.312. The first-order valence-corrected chi connectivity index (χ1v) is 9.34. The summed E-state index contributed by atoms with van der Waals surface area (Å²) in [6, 6.07) is 11.8. The lowest BCUT2D eigenvalue weighted by atomic mass is 10.0. The van der Waals surface area contributed by atoms with E-state index in [9.17, 15) is 10.2 Å². The van der Waals surface area contributed by atoms with Gasteiger partial charge in [0.2, 0.25) is 0 Å². The molecule has 0 aromatic heterocycles. The summed E-state index contributed by atoms with van der Waals surface area (Å²) < 4.78 is 0. The molecule has 0 aliphatic carbocycles. The molecule has 2 fully saturated rings. The Kier molecular flexibility index (Phi) is 4.43. The maximum Gasteiger partial charge on any atom is 0.121 e. The Morgan fingerprint density at radius 1 is 0.640 bits per heavy atom. The number of benzene rings is 2. The largest absolute Gasteiger partial charge is 0.508 e. The van der Waals surface area contributed by atoms with Gasteiger partial charge in [-0.25, -0.2) is 0 Å². The van der Waals surface area contributed by atoms with Crippen LogP contribution in [0, 0.1) is 0 Å². The van der Waals surface area contributed by atoms with Crippen molar-refractivity contribution in [1.29, 1.82) is 0 Å². The van der Waals surface area contributed by atoms with Crippen LogP contribution < -0.4 is 9.80 Å². The number of phenols is 2. The van der Waals surface area contributed by atoms with Crippen molar-refractivity contribution in [2.75, 3.05) is 36.0 Å². The van der Waals surface area contributed by atoms with Gasteiger partial charge in [0.15, 0.2) is 0 Å². The van der Waals surface area contributed by atoms with Gasteiger partial charge in [-0.15, -0.1) is 0 Å². The average Bonchev–Trinajstić information content (AvgIpc) is 3.31. The molecule has 2 heterocycles. The lowest BCUT2D eigenvalue weighted by molar-refractivity contribution is 0.463. The number of anilines is 2. The number of aromatic hydroxyl groups is 2. The van der Waals surface area contributed by atoms with Crippen molar-refractivity contribution in [2.45, 2.75) is 32.1 Å². The SMILES string of the molecule is Oc1cc(N2CCCC2)ccc1Cc1ccc(N2CCCC2)cc1O. The summed E-state index contributed by atoms with van der Waals surface area (Å²) in [5, 5.41) is 20.8. The lowest BCUT2D eigenvalue weighted by Gasteiger charge is -2.20. The second kappa shape index (κ2) is 6.87. The Hall–Kier alpha value is -2.36. The number of hydrogen-bond acceptors (Lipinski definition) is 4. The highest BCUT2D eigenvalue weighted by Crippen LogP contribution is 2.32. The first kappa shape index (κ1) is 16.1. The van der Waals surface area contributed by atoms with Crippen LogP contribution in [0.1, 0.15) is 36.8 Å². The molecule has 2 saturated heterocycles. The standard InChI is InChI=1S/C21H26N2O2/c24-20-14-18(22-9-1-2-10-22)7-5-16(20)13-17-6-8-19(15-21(17)25)23-11-3-4-12-23/h5-8,14-15,24-25H,1-4,9-13H2. The molecule has 2 aromatic rings. The third-order valence-corrected chi connectivity index (χ3v) is 5.46. The van der Waals surface area contributed by atoms with Crippen molar-refractivity contribution in [1.82, 2.24) is 0 Å². The molecule has 0 atom stereocenters. The van der Waals surface area contributed by atoms with Crippen molar-refractivity contribution >= 4 is 11.4 Å². The molecule has 0 radical (unpaired) electrons. The molecule has 25 heavy (non-hydrogen) atoms. The first-order chi connectivity index (χ1) is 12.2. The summed E-state index contributed by atoms with van der Waals surface area (Å²) in [5.41, 5.74) is 3.89. The van der Waals surface area contributed by atoms with Gasteiger partial charge in [-0.05, 0) is 48.9 Å². The van der Waals surface area contributed by atoms with Gasteiger partial charge in [0.1, 0.15) is 11.5 Å². The Morgan fingerprint density at radius 2 is 1.04 bits per heavy atom. The van der Waals surface area contributed by atoms with E-state index in [1.807, 2.05) is 24.3 Å². The second-order valence-electron chi connectivity index (χ2n) is 7.19. The fourth-order valence-corrected chi connectivity index (χ4v) is 3.95. The van der Waals surface area contributed by atoms with Gasteiger partial charge in [-0.3, -0.25) is 0 Å². The van der Waals surface area contributed by atoms with Crippen molar-refractivity contribution in [3.05, 3.63) is 47.5 Å². The lowest BCUT2D eigenvalue weighted by Crippen LogP contribution is -2.17. The van der Waals surface area contributed by atoms with Crippen LogP contribution in [0.15, 0.2) is 36.4 Å². The Labute approximate surface area is 149 Å². The molecule has 0 spiro atoms. The van der Waals surface area contributed by atoms with E-state index < -0.39 is 0 Å². The van der Waals surface area contributed by atoms with Crippen LogP contribution >= 0.6 is 0 Å². The van der Waals surface area contributed by atoms with Crippen LogP contribution in [-0.2, 0) is 6.42 Å². The Morgan fingerprint density at radius 3 is 1.40 bits per heavy atom. The van der Waals surface area contributed by atoms with E-state index in [1.165, 1.54) is 25.7 Å². The average molecular weight is 338 g/mol. The van der Waals surface area contributed by atoms with Crippen molar-refractivity contribution in [2.24, 2.45) is 0 Å². The summed E-state index contributed by atoms with van der Waals surface area (Å²) in [6.07, 6.45) is 5.43. The van der Waals surface area contributed by atoms with E-state index in [0.29, 0.717) is 17.9 Å². The molecule has 4 rings (SSSR count). The van der Waals surface area contributed by atoms with Crippen molar-refractivity contribution in [3.63, 3.8) is 0 Å². The second-order valence-corrected chi connectivity index (χ2v) is 7.19. The summed E-state index contributed by atoms with van der Waals surface area (Å²) in [6.45, 7) is 4.27. The third-order valence-electron chi connectivity index (χ3n) is 5.46. The molecule has 4 nitrogen and oxygen atoms in total. The van der Waals surface area contributed by atoms with Gasteiger partial charge in [-0.1, -0.05) is 12.1 Å². The number of hydrogen-bond donors (Lipinski definition) is 2. The maximum atomic E-state index is 10.4. The Balaban J connectivity index is 1.51. The highest BCUT2D eigenvalue weighted by atomic mass is 16.3.